The Morgan fingerprint density at radius 1 is 1.43 bits per heavy atom. The van der Waals surface area contributed by atoms with E-state index in [1.165, 1.54) is 12.5 Å². The van der Waals surface area contributed by atoms with Crippen LogP contribution in [0.4, 0.5) is 8.78 Å². The van der Waals surface area contributed by atoms with E-state index >= 15 is 0 Å². The molecular formula is C13H9BrF2N2O3. The second kappa shape index (κ2) is 6.98. The molecule has 1 N–H and O–H groups in total. The fourth-order valence-corrected chi connectivity index (χ4v) is 1.77. The fraction of sp³-hybridized carbons (Fsp3) is 0.0769. The highest BCUT2D eigenvalue weighted by molar-refractivity contribution is 9.10. The quantitative estimate of drug-likeness (QED) is 0.660. The summed E-state index contributed by atoms with van der Waals surface area (Å²) in [5.41, 5.74) is 2.13. The van der Waals surface area contributed by atoms with Crippen molar-refractivity contribution in [2.24, 2.45) is 5.10 Å². The van der Waals surface area contributed by atoms with Gasteiger partial charge in [0.15, 0.2) is 24.0 Å². The predicted molar refractivity (Wildman–Crippen MR) is 74.0 cm³/mol. The first kappa shape index (κ1) is 15.2. The summed E-state index contributed by atoms with van der Waals surface area (Å²) in [7, 11) is 0. The lowest BCUT2D eigenvalue weighted by atomic mass is 10.3. The van der Waals surface area contributed by atoms with Gasteiger partial charge in [0.05, 0.1) is 12.5 Å². The van der Waals surface area contributed by atoms with Gasteiger partial charge in [0.25, 0.3) is 5.91 Å². The highest BCUT2D eigenvalue weighted by atomic mass is 79.9. The lowest BCUT2D eigenvalue weighted by molar-refractivity contribution is -0.123. The highest BCUT2D eigenvalue weighted by Crippen LogP contribution is 2.25. The summed E-state index contributed by atoms with van der Waals surface area (Å²) in [5, 5.41) is 3.59. The van der Waals surface area contributed by atoms with Crippen LogP contribution in [0.2, 0.25) is 0 Å². The van der Waals surface area contributed by atoms with E-state index in [0.29, 0.717) is 5.76 Å². The minimum atomic E-state index is -0.909. The van der Waals surface area contributed by atoms with Crippen LogP contribution in [0.15, 0.2) is 44.5 Å². The summed E-state index contributed by atoms with van der Waals surface area (Å²) < 4.78 is 36.8. The molecule has 1 aromatic heterocycles. The molecule has 0 spiro atoms. The molecular weight excluding hydrogens is 350 g/mol. The first-order valence-electron chi connectivity index (χ1n) is 5.69. The Hall–Kier alpha value is -2.22. The van der Waals surface area contributed by atoms with Gasteiger partial charge in [-0.25, -0.2) is 14.2 Å². The second-order valence-corrected chi connectivity index (χ2v) is 4.71. The van der Waals surface area contributed by atoms with E-state index in [9.17, 15) is 13.6 Å². The second-order valence-electron chi connectivity index (χ2n) is 3.80. The molecule has 2 aromatic rings. The number of furan rings is 1. The molecule has 1 heterocycles. The van der Waals surface area contributed by atoms with E-state index in [1.54, 1.807) is 12.1 Å². The normalized spacial score (nSPS) is 10.8. The Morgan fingerprint density at radius 3 is 2.76 bits per heavy atom. The Labute approximate surface area is 126 Å². The van der Waals surface area contributed by atoms with Gasteiger partial charge in [-0.15, -0.1) is 0 Å². The van der Waals surface area contributed by atoms with Gasteiger partial charge in [-0.2, -0.15) is 5.10 Å². The average molecular weight is 359 g/mol. The van der Waals surface area contributed by atoms with Crippen molar-refractivity contribution in [1.29, 1.82) is 0 Å². The third-order valence-electron chi connectivity index (χ3n) is 2.23. The number of hydrazone groups is 1. The van der Waals surface area contributed by atoms with Crippen molar-refractivity contribution in [3.63, 3.8) is 0 Å². The van der Waals surface area contributed by atoms with Crippen LogP contribution in [0.25, 0.3) is 0 Å². The van der Waals surface area contributed by atoms with Crippen molar-refractivity contribution >= 4 is 28.1 Å². The maximum Gasteiger partial charge on any atom is 0.277 e. The molecule has 0 aliphatic carbocycles. The summed E-state index contributed by atoms with van der Waals surface area (Å²) in [5.74, 6) is -2.66. The van der Waals surface area contributed by atoms with Gasteiger partial charge in [-0.3, -0.25) is 4.79 Å². The molecule has 0 saturated carbocycles. The number of nitrogens with one attached hydrogen (secondary N) is 1. The van der Waals surface area contributed by atoms with E-state index in [-0.39, 0.29) is 4.47 Å². The average Bonchev–Trinajstić information content (AvgIpc) is 2.90. The molecule has 0 radical (unpaired) electrons. The van der Waals surface area contributed by atoms with Gasteiger partial charge < -0.3 is 9.15 Å². The summed E-state index contributed by atoms with van der Waals surface area (Å²) in [6, 6.07) is 5.36. The third kappa shape index (κ3) is 4.38. The first-order valence-corrected chi connectivity index (χ1v) is 6.48. The third-order valence-corrected chi connectivity index (χ3v) is 2.69. The molecule has 1 aromatic carbocycles. The van der Waals surface area contributed by atoms with Crippen molar-refractivity contribution in [1.82, 2.24) is 5.43 Å². The first-order chi connectivity index (χ1) is 10.1. The van der Waals surface area contributed by atoms with Crippen LogP contribution in [0.5, 0.6) is 5.75 Å². The molecule has 110 valence electrons. The van der Waals surface area contributed by atoms with E-state index in [0.717, 1.165) is 12.1 Å². The van der Waals surface area contributed by atoms with Gasteiger partial charge in [-0.05, 0) is 24.3 Å². The number of hydrogen-bond acceptors (Lipinski definition) is 4. The van der Waals surface area contributed by atoms with Crippen LogP contribution >= 0.6 is 15.9 Å². The number of ether oxygens (including phenoxy) is 1. The Balaban J connectivity index is 1.87. The largest absolute Gasteiger partial charge is 0.478 e. The minimum Gasteiger partial charge on any atom is -0.478 e. The monoisotopic (exact) mass is 358 g/mol. The number of rotatable bonds is 5. The summed E-state index contributed by atoms with van der Waals surface area (Å²) in [6.45, 7) is -0.578. The molecule has 0 aliphatic rings. The van der Waals surface area contributed by atoms with Crippen LogP contribution in [0.1, 0.15) is 5.76 Å². The Morgan fingerprint density at radius 2 is 2.14 bits per heavy atom. The molecule has 21 heavy (non-hydrogen) atoms. The fourth-order valence-electron chi connectivity index (χ4n) is 1.37. The summed E-state index contributed by atoms with van der Waals surface area (Å²) in [6.07, 6.45) is 2.73. The SMILES string of the molecule is O=C(COc1c(F)cc(Br)cc1F)NN=Cc1ccco1. The molecule has 0 atom stereocenters. The predicted octanol–water partition coefficient (Wildman–Crippen LogP) is 2.85. The number of carbonyl (C=O) groups excluding carboxylic acids is 1. The van der Waals surface area contributed by atoms with Crippen LogP contribution in [-0.4, -0.2) is 18.7 Å². The van der Waals surface area contributed by atoms with Crippen molar-refractivity contribution in [2.75, 3.05) is 6.61 Å². The van der Waals surface area contributed by atoms with Crippen LogP contribution < -0.4 is 10.2 Å². The van der Waals surface area contributed by atoms with Gasteiger partial charge >= 0.3 is 0 Å². The zero-order valence-electron chi connectivity index (χ0n) is 10.5. The lowest BCUT2D eigenvalue weighted by Crippen LogP contribution is -2.25. The molecule has 0 aliphatic heterocycles. The van der Waals surface area contributed by atoms with Crippen molar-refractivity contribution in [3.8, 4) is 5.75 Å². The number of amides is 1. The maximum absolute atomic E-state index is 13.4. The van der Waals surface area contributed by atoms with E-state index in [4.69, 9.17) is 9.15 Å². The standard InChI is InChI=1S/C13H9BrF2N2O3/c14-8-4-10(15)13(11(16)5-8)21-7-12(19)18-17-6-9-2-1-3-20-9/h1-6H,7H2,(H,18,19). The molecule has 2 rings (SSSR count). The van der Waals surface area contributed by atoms with E-state index < -0.39 is 29.9 Å². The number of halogens is 3. The number of hydrogen-bond donors (Lipinski definition) is 1. The molecule has 1 amide bonds. The van der Waals surface area contributed by atoms with Gasteiger partial charge in [0.2, 0.25) is 0 Å². The molecule has 8 heteroatoms. The Kier molecular flexibility index (Phi) is 5.04. The number of benzene rings is 1. The van der Waals surface area contributed by atoms with Crippen LogP contribution in [0.3, 0.4) is 0 Å². The Bertz CT molecular complexity index is 636. The highest BCUT2D eigenvalue weighted by Gasteiger charge is 2.13. The van der Waals surface area contributed by atoms with Gasteiger partial charge in [0.1, 0.15) is 5.76 Å². The number of nitrogens with zero attached hydrogens (tertiary/aromatic N) is 1. The van der Waals surface area contributed by atoms with Crippen molar-refractivity contribution in [3.05, 3.63) is 52.4 Å². The molecule has 0 unspecified atom stereocenters. The molecule has 0 bridgehead atoms. The minimum absolute atomic E-state index is 0.234. The number of carbonyl (C=O) groups is 1. The van der Waals surface area contributed by atoms with Gasteiger partial charge in [0, 0.05) is 4.47 Å². The molecule has 0 fully saturated rings. The smallest absolute Gasteiger partial charge is 0.277 e. The lowest BCUT2D eigenvalue weighted by Gasteiger charge is -2.07. The summed E-state index contributed by atoms with van der Waals surface area (Å²) in [4.78, 5) is 11.4. The van der Waals surface area contributed by atoms with E-state index in [1.807, 2.05) is 0 Å². The maximum atomic E-state index is 13.4. The topological polar surface area (TPSA) is 63.8 Å². The van der Waals surface area contributed by atoms with Crippen molar-refractivity contribution in [2.45, 2.75) is 0 Å². The van der Waals surface area contributed by atoms with Crippen molar-refractivity contribution < 1.29 is 22.7 Å². The zero-order chi connectivity index (χ0) is 15.2. The molecule has 0 saturated heterocycles. The van der Waals surface area contributed by atoms with E-state index in [2.05, 4.69) is 26.5 Å². The zero-order valence-corrected chi connectivity index (χ0v) is 12.1. The van der Waals surface area contributed by atoms with Crippen LogP contribution in [-0.2, 0) is 4.79 Å². The molecule has 5 nitrogen and oxygen atoms in total. The summed E-state index contributed by atoms with van der Waals surface area (Å²) >= 11 is 2.94. The van der Waals surface area contributed by atoms with Crippen LogP contribution in [0, 0.1) is 11.6 Å². The van der Waals surface area contributed by atoms with Gasteiger partial charge in [-0.1, -0.05) is 15.9 Å².